The summed E-state index contributed by atoms with van der Waals surface area (Å²) in [7, 11) is 0. The van der Waals surface area contributed by atoms with Gasteiger partial charge in [0, 0.05) is 41.5 Å². The lowest BCUT2D eigenvalue weighted by Crippen LogP contribution is -2.34. The first-order valence-electron chi connectivity index (χ1n) is 12.6. The largest absolute Gasteiger partial charge is 0.394 e. The van der Waals surface area contributed by atoms with Gasteiger partial charge in [0.1, 0.15) is 17.7 Å². The first-order valence-corrected chi connectivity index (χ1v) is 12.6. The van der Waals surface area contributed by atoms with Gasteiger partial charge in [-0.2, -0.15) is 10.2 Å². The van der Waals surface area contributed by atoms with Crippen LogP contribution in [0.2, 0.25) is 0 Å². The highest BCUT2D eigenvalue weighted by atomic mass is 19.1. The molecule has 0 aliphatic rings. The lowest BCUT2D eigenvalue weighted by molar-refractivity contribution is 0.269. The van der Waals surface area contributed by atoms with Gasteiger partial charge in [-0.25, -0.2) is 23.9 Å². The van der Waals surface area contributed by atoms with E-state index in [-0.39, 0.29) is 18.4 Å². The molecule has 1 atom stereocenters. The Bertz CT molecular complexity index is 1370. The van der Waals surface area contributed by atoms with Crippen LogP contribution in [0.4, 0.5) is 16.2 Å². The van der Waals surface area contributed by atoms with Gasteiger partial charge >= 0.3 is 0 Å². The third kappa shape index (κ3) is 7.79. The molecule has 12 heteroatoms. The maximum Gasteiger partial charge on any atom is 0.219 e. The van der Waals surface area contributed by atoms with Gasteiger partial charge in [-0.1, -0.05) is 39.8 Å². The second kappa shape index (κ2) is 14.5. The number of hydrogen-bond acceptors (Lipinski definition) is 9. The molecule has 1 aromatic carbocycles. The average molecular weight is 537 g/mol. The van der Waals surface area contributed by atoms with Gasteiger partial charge in [-0.15, -0.1) is 0 Å². The van der Waals surface area contributed by atoms with Crippen LogP contribution < -0.4 is 17.2 Å². The number of aromatic nitrogens is 7. The van der Waals surface area contributed by atoms with Crippen molar-refractivity contribution in [2.45, 2.75) is 46.7 Å². The van der Waals surface area contributed by atoms with Gasteiger partial charge in [0.2, 0.25) is 5.95 Å². The molecule has 0 unspecified atom stereocenters. The number of halogens is 1. The van der Waals surface area contributed by atoms with E-state index in [0.29, 0.717) is 12.4 Å². The molecule has 11 nitrogen and oxygen atoms in total. The van der Waals surface area contributed by atoms with E-state index in [9.17, 15) is 4.39 Å². The number of fused-ring (bicyclic) bond motifs is 1. The molecule has 4 heterocycles. The molecule has 0 amide bonds. The number of aliphatic hydroxyl groups is 1. The van der Waals surface area contributed by atoms with Gasteiger partial charge in [-0.05, 0) is 30.7 Å². The van der Waals surface area contributed by atoms with Crippen molar-refractivity contribution in [3.05, 3.63) is 84.6 Å². The van der Waals surface area contributed by atoms with Crippen LogP contribution in [0, 0.1) is 5.82 Å². The van der Waals surface area contributed by atoms with E-state index in [2.05, 4.69) is 25.1 Å². The molecule has 0 bridgehead atoms. The van der Waals surface area contributed by atoms with E-state index in [0.717, 1.165) is 27.8 Å². The Kier molecular flexibility index (Phi) is 11.5. The van der Waals surface area contributed by atoms with E-state index in [1.807, 2.05) is 53.1 Å². The average Bonchev–Trinajstić information content (AvgIpc) is 3.60. The van der Waals surface area contributed by atoms with Crippen LogP contribution in [0.25, 0.3) is 16.6 Å². The van der Waals surface area contributed by atoms with Crippen LogP contribution in [-0.2, 0) is 12.1 Å². The van der Waals surface area contributed by atoms with Crippen LogP contribution >= 0.6 is 0 Å². The Balaban J connectivity index is 0.000000243. The topological polar surface area (TPSA) is 172 Å². The lowest BCUT2D eigenvalue weighted by Gasteiger charge is -2.25. The van der Waals surface area contributed by atoms with Crippen molar-refractivity contribution in [1.82, 2.24) is 34.3 Å². The second-order valence-corrected chi connectivity index (χ2v) is 7.96. The van der Waals surface area contributed by atoms with E-state index < -0.39 is 5.54 Å². The molecule has 5 aromatic rings. The summed E-state index contributed by atoms with van der Waals surface area (Å²) in [5.74, 6) is 0.348. The molecule has 4 aromatic heterocycles. The minimum atomic E-state index is -0.776. The Morgan fingerprint density at radius 2 is 1.51 bits per heavy atom. The van der Waals surface area contributed by atoms with Crippen molar-refractivity contribution < 1.29 is 9.50 Å². The molecule has 0 spiro atoms. The summed E-state index contributed by atoms with van der Waals surface area (Å²) in [6.45, 7) is 10.4. The predicted octanol–water partition coefficient (Wildman–Crippen LogP) is 3.64. The zero-order chi connectivity index (χ0) is 29.0. The summed E-state index contributed by atoms with van der Waals surface area (Å²) >= 11 is 0. The number of benzene rings is 1. The van der Waals surface area contributed by atoms with Crippen LogP contribution in [0.15, 0.2) is 67.6 Å². The summed E-state index contributed by atoms with van der Waals surface area (Å²) in [5.41, 5.74) is 20.8. The zero-order valence-electron chi connectivity index (χ0n) is 23.0. The third-order valence-electron chi connectivity index (χ3n) is 5.45. The molecule has 0 saturated heterocycles. The molecule has 0 saturated carbocycles. The third-order valence-corrected chi connectivity index (χ3v) is 5.45. The Labute approximate surface area is 227 Å². The van der Waals surface area contributed by atoms with Crippen molar-refractivity contribution in [2.75, 3.05) is 18.1 Å². The molecule has 0 aliphatic carbocycles. The molecule has 39 heavy (non-hydrogen) atoms. The zero-order valence-corrected chi connectivity index (χ0v) is 23.0. The summed E-state index contributed by atoms with van der Waals surface area (Å²) < 4.78 is 16.2. The summed E-state index contributed by atoms with van der Waals surface area (Å²) in [6, 6.07) is 7.95. The van der Waals surface area contributed by atoms with Crippen LogP contribution in [0.1, 0.15) is 45.7 Å². The maximum absolute atomic E-state index is 12.8. The van der Waals surface area contributed by atoms with Crippen LogP contribution in [0.5, 0.6) is 0 Å². The molecule has 0 fully saturated rings. The van der Waals surface area contributed by atoms with Gasteiger partial charge < -0.3 is 22.3 Å². The fourth-order valence-corrected chi connectivity index (χ4v) is 3.41. The van der Waals surface area contributed by atoms with E-state index >= 15 is 0 Å². The summed E-state index contributed by atoms with van der Waals surface area (Å²) in [4.78, 5) is 11.7. The summed E-state index contributed by atoms with van der Waals surface area (Å²) in [6.07, 6.45) is 10.1. The molecule has 208 valence electrons. The molecular weight excluding hydrogens is 499 g/mol. The number of nitrogens with zero attached hydrogens (tertiary/aromatic N) is 7. The highest BCUT2D eigenvalue weighted by Gasteiger charge is 2.24. The minimum Gasteiger partial charge on any atom is -0.394 e. The molecule has 0 aliphatic heterocycles. The quantitative estimate of drug-likeness (QED) is 0.261. The number of hydrogen-bond donors (Lipinski definition) is 4. The number of aliphatic hydroxyl groups excluding tert-OH is 1. The standard InChI is InChI=1S/C12H13FN4.C11H12N6O.2C2H6/c1-12(15,8-2-4-10(13)5-3-8)9-6-16-11(14)17-7-9;12-11-10-3-8(6-17(10)15-7-13-11)9-4-14-16(5-9)1-2-18;2*1-2/h2-7H,15H2,1H3,(H2,14,16,17);3-7,18H,1-2H2,(H2,12,13,15);2*1-2H3/t12-;;;/m0.../s1. The Hall–Kier alpha value is -4.42. The van der Waals surface area contributed by atoms with Crippen molar-refractivity contribution in [2.24, 2.45) is 5.73 Å². The molecule has 7 N–H and O–H groups in total. The molecule has 0 radical (unpaired) electrons. The SMILES string of the molecule is CC.CC.C[C@](N)(c1ccc(F)cc1)c1cnc(N)nc1.Nc1ncnn2cc(-c3cnn(CCO)c3)cc12. The van der Waals surface area contributed by atoms with Crippen LogP contribution in [-0.4, -0.2) is 46.1 Å². The van der Waals surface area contributed by atoms with E-state index in [4.69, 9.17) is 22.3 Å². The second-order valence-electron chi connectivity index (χ2n) is 7.96. The number of nitrogen functional groups attached to an aromatic ring is 2. The maximum atomic E-state index is 12.8. The minimum absolute atomic E-state index is 0.0667. The van der Waals surface area contributed by atoms with Gasteiger partial charge in [0.05, 0.1) is 24.9 Å². The van der Waals surface area contributed by atoms with Crippen molar-refractivity contribution >= 4 is 17.3 Å². The lowest BCUT2D eigenvalue weighted by atomic mass is 9.87. The number of rotatable bonds is 5. The Morgan fingerprint density at radius 3 is 2.10 bits per heavy atom. The number of nitrogens with two attached hydrogens (primary N) is 3. The first kappa shape index (κ1) is 30.8. The summed E-state index contributed by atoms with van der Waals surface area (Å²) in [5, 5.41) is 17.1. The van der Waals surface area contributed by atoms with Gasteiger partial charge in [-0.3, -0.25) is 4.68 Å². The monoisotopic (exact) mass is 536 g/mol. The predicted molar refractivity (Wildman–Crippen MR) is 152 cm³/mol. The highest BCUT2D eigenvalue weighted by molar-refractivity contribution is 5.75. The smallest absolute Gasteiger partial charge is 0.219 e. The van der Waals surface area contributed by atoms with Gasteiger partial charge in [0.15, 0.2) is 5.82 Å². The number of anilines is 2. The highest BCUT2D eigenvalue weighted by Crippen LogP contribution is 2.26. The van der Waals surface area contributed by atoms with Crippen molar-refractivity contribution in [3.63, 3.8) is 0 Å². The van der Waals surface area contributed by atoms with E-state index in [1.165, 1.54) is 18.5 Å². The fourth-order valence-electron chi connectivity index (χ4n) is 3.41. The van der Waals surface area contributed by atoms with Crippen molar-refractivity contribution in [1.29, 1.82) is 0 Å². The van der Waals surface area contributed by atoms with E-state index in [1.54, 1.807) is 39.9 Å². The molecular formula is C27H37FN10O. The molecule has 5 rings (SSSR count). The Morgan fingerprint density at radius 1 is 0.872 bits per heavy atom. The van der Waals surface area contributed by atoms with Crippen LogP contribution in [0.3, 0.4) is 0 Å². The normalized spacial score (nSPS) is 11.7. The van der Waals surface area contributed by atoms with Crippen molar-refractivity contribution in [3.8, 4) is 11.1 Å². The fraction of sp³-hybridized carbons (Fsp3) is 0.296. The first-order chi connectivity index (χ1) is 18.8. The van der Waals surface area contributed by atoms with Gasteiger partial charge in [0.25, 0.3) is 0 Å².